The van der Waals surface area contributed by atoms with E-state index >= 15 is 0 Å². The zero-order valence-electron chi connectivity index (χ0n) is 8.50. The van der Waals surface area contributed by atoms with E-state index in [1.165, 1.54) is 0 Å². The number of aliphatic hydroxyl groups excluding tert-OH is 1. The second-order valence-electron chi connectivity index (χ2n) is 3.54. The van der Waals surface area contributed by atoms with Crippen molar-refractivity contribution in [2.24, 2.45) is 5.73 Å². The number of hydrogen-bond acceptors (Lipinski definition) is 2. The first-order valence-electron chi connectivity index (χ1n) is 4.76. The molecule has 0 spiro atoms. The SMILES string of the molecule is CCC(N)C(O)c1ccc(C)cc1Br. The van der Waals surface area contributed by atoms with Crippen molar-refractivity contribution in [3.8, 4) is 0 Å². The van der Waals surface area contributed by atoms with Crippen LogP contribution in [0, 0.1) is 6.92 Å². The van der Waals surface area contributed by atoms with Gasteiger partial charge in [0.2, 0.25) is 0 Å². The highest BCUT2D eigenvalue weighted by Crippen LogP contribution is 2.26. The van der Waals surface area contributed by atoms with Crippen molar-refractivity contribution < 1.29 is 5.11 Å². The monoisotopic (exact) mass is 257 g/mol. The van der Waals surface area contributed by atoms with Crippen LogP contribution in [0.15, 0.2) is 22.7 Å². The summed E-state index contributed by atoms with van der Waals surface area (Å²) in [6, 6.07) is 5.68. The topological polar surface area (TPSA) is 46.2 Å². The van der Waals surface area contributed by atoms with Crippen LogP contribution in [0.5, 0.6) is 0 Å². The van der Waals surface area contributed by atoms with Crippen molar-refractivity contribution in [3.05, 3.63) is 33.8 Å². The van der Waals surface area contributed by atoms with Gasteiger partial charge in [-0.15, -0.1) is 0 Å². The molecule has 0 aliphatic heterocycles. The van der Waals surface area contributed by atoms with Crippen LogP contribution in [0.25, 0.3) is 0 Å². The Hall–Kier alpha value is -0.380. The molecule has 78 valence electrons. The quantitative estimate of drug-likeness (QED) is 0.875. The third-order valence-corrected chi connectivity index (χ3v) is 3.04. The number of rotatable bonds is 3. The van der Waals surface area contributed by atoms with E-state index in [-0.39, 0.29) is 6.04 Å². The largest absolute Gasteiger partial charge is 0.387 e. The number of benzene rings is 1. The Bertz CT molecular complexity index is 314. The second kappa shape index (κ2) is 4.91. The van der Waals surface area contributed by atoms with E-state index in [1.54, 1.807) is 0 Å². The van der Waals surface area contributed by atoms with E-state index in [1.807, 2.05) is 32.0 Å². The summed E-state index contributed by atoms with van der Waals surface area (Å²) in [5, 5.41) is 9.91. The number of aliphatic hydroxyl groups is 1. The zero-order chi connectivity index (χ0) is 10.7. The summed E-state index contributed by atoms with van der Waals surface area (Å²) in [6.45, 7) is 3.98. The van der Waals surface area contributed by atoms with Gasteiger partial charge in [-0.2, -0.15) is 0 Å². The Kier molecular flexibility index (Phi) is 4.11. The van der Waals surface area contributed by atoms with Gasteiger partial charge in [0, 0.05) is 10.5 Å². The maximum absolute atomic E-state index is 9.91. The lowest BCUT2D eigenvalue weighted by molar-refractivity contribution is 0.143. The second-order valence-corrected chi connectivity index (χ2v) is 4.40. The summed E-state index contributed by atoms with van der Waals surface area (Å²) in [6.07, 6.45) is 0.177. The number of nitrogens with two attached hydrogens (primary N) is 1. The average Bonchev–Trinajstić information content (AvgIpc) is 2.15. The molecule has 14 heavy (non-hydrogen) atoms. The molecular formula is C11H16BrNO. The fraction of sp³-hybridized carbons (Fsp3) is 0.455. The molecule has 3 heteroatoms. The van der Waals surface area contributed by atoms with Crippen LogP contribution in [0.4, 0.5) is 0 Å². The van der Waals surface area contributed by atoms with Crippen molar-refractivity contribution in [3.63, 3.8) is 0 Å². The van der Waals surface area contributed by atoms with Crippen molar-refractivity contribution in [2.45, 2.75) is 32.4 Å². The maximum Gasteiger partial charge on any atom is 0.0951 e. The molecule has 0 saturated heterocycles. The summed E-state index contributed by atoms with van der Waals surface area (Å²) in [7, 11) is 0. The Morgan fingerprint density at radius 3 is 2.64 bits per heavy atom. The van der Waals surface area contributed by atoms with E-state index in [0.29, 0.717) is 0 Å². The highest BCUT2D eigenvalue weighted by atomic mass is 79.9. The molecule has 2 nitrogen and oxygen atoms in total. The van der Waals surface area contributed by atoms with Gasteiger partial charge in [0.05, 0.1) is 6.10 Å². The van der Waals surface area contributed by atoms with Gasteiger partial charge in [0.25, 0.3) is 0 Å². The van der Waals surface area contributed by atoms with Gasteiger partial charge in [-0.1, -0.05) is 35.0 Å². The van der Waals surface area contributed by atoms with E-state index < -0.39 is 6.10 Å². The lowest BCUT2D eigenvalue weighted by Gasteiger charge is -2.19. The first kappa shape index (κ1) is 11.7. The predicted octanol–water partition coefficient (Wildman–Crippen LogP) is 2.53. The molecule has 0 radical (unpaired) electrons. The van der Waals surface area contributed by atoms with Gasteiger partial charge in [-0.3, -0.25) is 0 Å². The summed E-state index contributed by atoms with van der Waals surface area (Å²) in [4.78, 5) is 0. The smallest absolute Gasteiger partial charge is 0.0951 e. The van der Waals surface area contributed by atoms with Crippen molar-refractivity contribution in [1.82, 2.24) is 0 Å². The minimum Gasteiger partial charge on any atom is -0.387 e. The predicted molar refractivity (Wildman–Crippen MR) is 62.1 cm³/mol. The minimum absolute atomic E-state index is 0.200. The molecular weight excluding hydrogens is 242 g/mol. The van der Waals surface area contributed by atoms with Gasteiger partial charge in [0.15, 0.2) is 0 Å². The third-order valence-electron chi connectivity index (χ3n) is 2.35. The summed E-state index contributed by atoms with van der Waals surface area (Å²) in [5.41, 5.74) is 7.82. The van der Waals surface area contributed by atoms with E-state index in [4.69, 9.17) is 5.73 Å². The molecule has 0 aromatic heterocycles. The van der Waals surface area contributed by atoms with Crippen molar-refractivity contribution in [1.29, 1.82) is 0 Å². The van der Waals surface area contributed by atoms with Crippen LogP contribution in [-0.2, 0) is 0 Å². The van der Waals surface area contributed by atoms with Gasteiger partial charge in [-0.25, -0.2) is 0 Å². The minimum atomic E-state index is -0.588. The summed E-state index contributed by atoms with van der Waals surface area (Å²) in [5.74, 6) is 0. The van der Waals surface area contributed by atoms with Crippen LogP contribution < -0.4 is 5.73 Å². The Labute approximate surface area is 93.3 Å². The highest BCUT2D eigenvalue weighted by molar-refractivity contribution is 9.10. The first-order valence-corrected chi connectivity index (χ1v) is 5.55. The van der Waals surface area contributed by atoms with Crippen LogP contribution in [-0.4, -0.2) is 11.1 Å². The summed E-state index contributed by atoms with van der Waals surface area (Å²) < 4.78 is 0.925. The molecule has 0 amide bonds. The molecule has 2 unspecified atom stereocenters. The number of halogens is 1. The standard InChI is InChI=1S/C11H16BrNO/c1-3-10(13)11(14)8-5-4-7(2)6-9(8)12/h4-6,10-11,14H,3,13H2,1-2H3. The van der Waals surface area contributed by atoms with Crippen LogP contribution >= 0.6 is 15.9 Å². The molecule has 1 aromatic rings. The normalized spacial score (nSPS) is 15.2. The number of hydrogen-bond donors (Lipinski definition) is 2. The highest BCUT2D eigenvalue weighted by Gasteiger charge is 2.17. The molecule has 0 bridgehead atoms. The lowest BCUT2D eigenvalue weighted by Crippen LogP contribution is -2.27. The molecule has 2 atom stereocenters. The Balaban J connectivity index is 2.95. The molecule has 1 rings (SSSR count). The van der Waals surface area contributed by atoms with E-state index in [2.05, 4.69) is 15.9 Å². The third kappa shape index (κ3) is 2.56. The Morgan fingerprint density at radius 2 is 2.14 bits per heavy atom. The van der Waals surface area contributed by atoms with Crippen LogP contribution in [0.1, 0.15) is 30.6 Å². The molecule has 0 fully saturated rings. The zero-order valence-corrected chi connectivity index (χ0v) is 10.1. The fourth-order valence-corrected chi connectivity index (χ4v) is 2.05. The average molecular weight is 258 g/mol. The Morgan fingerprint density at radius 1 is 1.50 bits per heavy atom. The van der Waals surface area contributed by atoms with E-state index in [0.717, 1.165) is 22.0 Å². The molecule has 0 aliphatic rings. The van der Waals surface area contributed by atoms with E-state index in [9.17, 15) is 5.11 Å². The number of aryl methyl sites for hydroxylation is 1. The fourth-order valence-electron chi connectivity index (χ4n) is 1.33. The molecule has 0 saturated carbocycles. The van der Waals surface area contributed by atoms with Crippen LogP contribution in [0.2, 0.25) is 0 Å². The maximum atomic E-state index is 9.91. The molecule has 0 aliphatic carbocycles. The van der Waals surface area contributed by atoms with Crippen molar-refractivity contribution >= 4 is 15.9 Å². The van der Waals surface area contributed by atoms with Gasteiger partial charge < -0.3 is 10.8 Å². The van der Waals surface area contributed by atoms with Gasteiger partial charge in [0.1, 0.15) is 0 Å². The molecule has 0 heterocycles. The van der Waals surface area contributed by atoms with Crippen molar-refractivity contribution in [2.75, 3.05) is 0 Å². The lowest BCUT2D eigenvalue weighted by atomic mass is 10.0. The van der Waals surface area contributed by atoms with Crippen LogP contribution in [0.3, 0.4) is 0 Å². The first-order chi connectivity index (χ1) is 6.56. The van der Waals surface area contributed by atoms with Gasteiger partial charge in [-0.05, 0) is 30.5 Å². The van der Waals surface area contributed by atoms with Gasteiger partial charge >= 0.3 is 0 Å². The molecule has 1 aromatic carbocycles. The summed E-state index contributed by atoms with van der Waals surface area (Å²) >= 11 is 3.43. The molecule has 3 N–H and O–H groups in total.